The van der Waals surface area contributed by atoms with Gasteiger partial charge in [0.25, 0.3) is 5.91 Å². The zero-order valence-corrected chi connectivity index (χ0v) is 13.5. The molecule has 8 heteroatoms. The first-order chi connectivity index (χ1) is 11.6. The number of carbonyl (C=O) groups is 1. The van der Waals surface area contributed by atoms with Gasteiger partial charge in [0.2, 0.25) is 5.82 Å². The molecule has 0 aliphatic heterocycles. The van der Waals surface area contributed by atoms with Crippen molar-refractivity contribution in [3.63, 3.8) is 0 Å². The summed E-state index contributed by atoms with van der Waals surface area (Å²) >= 11 is 5.85. The molecular weight excluding hydrogens is 330 g/mol. The topological polar surface area (TPSA) is 92.8 Å². The Bertz CT molecular complexity index is 834. The molecule has 0 fully saturated rings. The number of rotatable bonds is 5. The Kier molecular flexibility index (Phi) is 4.72. The second-order valence-electron chi connectivity index (χ2n) is 5.08. The first-order valence-electron chi connectivity index (χ1n) is 7.14. The number of tetrazole rings is 1. The fourth-order valence-electron chi connectivity index (χ4n) is 2.06. The third-order valence-corrected chi connectivity index (χ3v) is 3.48. The van der Waals surface area contributed by atoms with Crippen molar-refractivity contribution in [2.45, 2.75) is 13.5 Å². The molecule has 0 bridgehead atoms. The number of aryl methyl sites for hydroxylation is 1. The van der Waals surface area contributed by atoms with Gasteiger partial charge in [0.05, 0.1) is 5.56 Å². The van der Waals surface area contributed by atoms with Crippen molar-refractivity contribution in [1.82, 2.24) is 20.6 Å². The minimum Gasteiger partial charge on any atom is -0.485 e. The summed E-state index contributed by atoms with van der Waals surface area (Å²) in [7, 11) is 0. The number of anilines is 1. The molecule has 0 saturated heterocycles. The highest BCUT2D eigenvalue weighted by atomic mass is 35.5. The molecule has 1 heterocycles. The van der Waals surface area contributed by atoms with E-state index < -0.39 is 0 Å². The highest BCUT2D eigenvalue weighted by molar-refractivity contribution is 6.30. The van der Waals surface area contributed by atoms with Gasteiger partial charge in [0.15, 0.2) is 6.61 Å². The Balaban J connectivity index is 1.78. The fourth-order valence-corrected chi connectivity index (χ4v) is 2.19. The molecule has 24 heavy (non-hydrogen) atoms. The number of amides is 1. The van der Waals surface area contributed by atoms with Crippen molar-refractivity contribution in [2.75, 3.05) is 5.32 Å². The van der Waals surface area contributed by atoms with Crippen LogP contribution < -0.4 is 10.1 Å². The van der Waals surface area contributed by atoms with E-state index in [4.69, 9.17) is 16.3 Å². The van der Waals surface area contributed by atoms with Gasteiger partial charge >= 0.3 is 0 Å². The van der Waals surface area contributed by atoms with E-state index >= 15 is 0 Å². The van der Waals surface area contributed by atoms with Gasteiger partial charge in [0.1, 0.15) is 5.75 Å². The van der Waals surface area contributed by atoms with E-state index in [2.05, 4.69) is 25.9 Å². The monoisotopic (exact) mass is 343 g/mol. The first kappa shape index (κ1) is 15.9. The van der Waals surface area contributed by atoms with E-state index in [1.807, 2.05) is 13.0 Å². The lowest BCUT2D eigenvalue weighted by atomic mass is 10.1. The molecule has 0 radical (unpaired) electrons. The predicted molar refractivity (Wildman–Crippen MR) is 89.1 cm³/mol. The van der Waals surface area contributed by atoms with Crippen LogP contribution in [-0.4, -0.2) is 26.5 Å². The van der Waals surface area contributed by atoms with Crippen molar-refractivity contribution in [2.24, 2.45) is 0 Å². The van der Waals surface area contributed by atoms with Crippen LogP contribution in [0.1, 0.15) is 21.7 Å². The number of aromatic amines is 1. The molecule has 3 rings (SSSR count). The molecule has 3 aromatic rings. The molecule has 0 atom stereocenters. The minimum absolute atomic E-state index is 0.112. The number of nitrogens with one attached hydrogen (secondary N) is 2. The Morgan fingerprint density at radius 1 is 1.25 bits per heavy atom. The predicted octanol–water partition coefficient (Wildman–Crippen LogP) is 2.99. The highest BCUT2D eigenvalue weighted by Gasteiger charge is 2.14. The quantitative estimate of drug-likeness (QED) is 0.742. The summed E-state index contributed by atoms with van der Waals surface area (Å²) < 4.78 is 5.65. The van der Waals surface area contributed by atoms with Crippen molar-refractivity contribution >= 4 is 23.2 Å². The highest BCUT2D eigenvalue weighted by Crippen LogP contribution is 2.23. The van der Waals surface area contributed by atoms with Crippen LogP contribution in [-0.2, 0) is 6.61 Å². The smallest absolute Gasteiger partial charge is 0.259 e. The summed E-state index contributed by atoms with van der Waals surface area (Å²) in [6.07, 6.45) is 0. The van der Waals surface area contributed by atoms with Gasteiger partial charge in [-0.1, -0.05) is 28.4 Å². The van der Waals surface area contributed by atoms with Crippen LogP contribution in [0.3, 0.4) is 0 Å². The normalized spacial score (nSPS) is 10.4. The summed E-state index contributed by atoms with van der Waals surface area (Å²) in [5, 5.41) is 16.9. The third-order valence-electron chi connectivity index (χ3n) is 3.23. The average Bonchev–Trinajstić information content (AvgIpc) is 3.09. The number of aromatic nitrogens is 4. The van der Waals surface area contributed by atoms with Gasteiger partial charge in [-0.2, -0.15) is 5.21 Å². The molecule has 0 saturated carbocycles. The molecule has 7 nitrogen and oxygen atoms in total. The van der Waals surface area contributed by atoms with Crippen molar-refractivity contribution < 1.29 is 9.53 Å². The van der Waals surface area contributed by atoms with Crippen molar-refractivity contribution in [3.8, 4) is 5.75 Å². The van der Waals surface area contributed by atoms with Crippen LogP contribution in [0.4, 0.5) is 5.69 Å². The Morgan fingerprint density at radius 3 is 2.75 bits per heavy atom. The van der Waals surface area contributed by atoms with Gasteiger partial charge in [-0.15, -0.1) is 10.2 Å². The second kappa shape index (κ2) is 7.10. The van der Waals surface area contributed by atoms with Crippen molar-refractivity contribution in [3.05, 3.63) is 64.4 Å². The first-order valence-corrected chi connectivity index (χ1v) is 7.52. The average molecular weight is 344 g/mol. The zero-order valence-electron chi connectivity index (χ0n) is 12.8. The minimum atomic E-state index is -0.274. The molecule has 1 amide bonds. The SMILES string of the molecule is Cc1ccc(OCc2nn[nH]n2)c(C(=O)Nc2ccc(Cl)cc2)c1. The van der Waals surface area contributed by atoms with Gasteiger partial charge < -0.3 is 10.1 Å². The van der Waals surface area contributed by atoms with Crippen LogP contribution in [0.25, 0.3) is 0 Å². The van der Waals surface area contributed by atoms with Crippen LogP contribution >= 0.6 is 11.6 Å². The van der Waals surface area contributed by atoms with Crippen molar-refractivity contribution in [1.29, 1.82) is 0 Å². The Hall–Kier alpha value is -2.93. The molecule has 0 spiro atoms. The summed E-state index contributed by atoms with van der Waals surface area (Å²) in [6.45, 7) is 2.02. The van der Waals surface area contributed by atoms with Gasteiger partial charge in [0, 0.05) is 10.7 Å². The molecular formula is C16H14ClN5O2. The summed E-state index contributed by atoms with van der Waals surface area (Å²) in [6, 6.07) is 12.3. The number of ether oxygens (including phenoxy) is 1. The molecule has 0 aliphatic rings. The number of hydrogen-bond acceptors (Lipinski definition) is 5. The standard InChI is InChI=1S/C16H14ClN5O2/c1-10-2-7-14(24-9-15-19-21-22-20-15)13(8-10)16(23)18-12-5-3-11(17)4-6-12/h2-8H,9H2,1H3,(H,18,23)(H,19,20,21,22). The van der Waals surface area contributed by atoms with E-state index in [-0.39, 0.29) is 12.5 Å². The van der Waals surface area contributed by atoms with E-state index in [0.29, 0.717) is 27.8 Å². The maximum absolute atomic E-state index is 12.6. The summed E-state index contributed by atoms with van der Waals surface area (Å²) in [5.41, 5.74) is 2.02. The van der Waals surface area contributed by atoms with Gasteiger partial charge in [-0.3, -0.25) is 4.79 Å². The third kappa shape index (κ3) is 3.88. The van der Waals surface area contributed by atoms with E-state index in [1.165, 1.54) is 0 Å². The molecule has 0 aliphatic carbocycles. The molecule has 2 aromatic carbocycles. The Labute approximate surface area is 143 Å². The largest absolute Gasteiger partial charge is 0.485 e. The lowest BCUT2D eigenvalue weighted by Gasteiger charge is -2.12. The molecule has 1 aromatic heterocycles. The van der Waals surface area contributed by atoms with Crippen LogP contribution in [0, 0.1) is 6.92 Å². The maximum Gasteiger partial charge on any atom is 0.259 e. The summed E-state index contributed by atoms with van der Waals surface area (Å²) in [4.78, 5) is 12.6. The van der Waals surface area contributed by atoms with Crippen LogP contribution in [0.5, 0.6) is 5.75 Å². The van der Waals surface area contributed by atoms with Gasteiger partial charge in [-0.25, -0.2) is 0 Å². The number of hydrogen-bond donors (Lipinski definition) is 2. The summed E-state index contributed by atoms with van der Waals surface area (Å²) in [5.74, 6) is 0.570. The number of halogens is 1. The number of nitrogens with zero attached hydrogens (tertiary/aromatic N) is 3. The van der Waals surface area contributed by atoms with E-state index in [9.17, 15) is 4.79 Å². The number of carbonyl (C=O) groups excluding carboxylic acids is 1. The van der Waals surface area contributed by atoms with Crippen LogP contribution in [0.15, 0.2) is 42.5 Å². The fraction of sp³-hybridized carbons (Fsp3) is 0.125. The number of benzene rings is 2. The molecule has 2 N–H and O–H groups in total. The maximum atomic E-state index is 12.6. The Morgan fingerprint density at radius 2 is 2.04 bits per heavy atom. The van der Waals surface area contributed by atoms with E-state index in [1.54, 1.807) is 36.4 Å². The number of H-pyrrole nitrogens is 1. The van der Waals surface area contributed by atoms with E-state index in [0.717, 1.165) is 5.56 Å². The second-order valence-corrected chi connectivity index (χ2v) is 5.51. The molecule has 0 unspecified atom stereocenters. The van der Waals surface area contributed by atoms with Gasteiger partial charge in [-0.05, 0) is 43.3 Å². The zero-order chi connectivity index (χ0) is 16.9. The lowest BCUT2D eigenvalue weighted by Crippen LogP contribution is -2.14. The molecule has 122 valence electrons. The van der Waals surface area contributed by atoms with Crippen LogP contribution in [0.2, 0.25) is 5.02 Å². The lowest BCUT2D eigenvalue weighted by molar-refractivity contribution is 0.102.